The number of ether oxygens (including phenoxy) is 2. The van der Waals surface area contributed by atoms with Crippen molar-refractivity contribution in [1.29, 1.82) is 0 Å². The van der Waals surface area contributed by atoms with E-state index < -0.39 is 0 Å². The van der Waals surface area contributed by atoms with Crippen molar-refractivity contribution in [2.45, 2.75) is 57.5 Å². The zero-order valence-electron chi connectivity index (χ0n) is 12.8. The number of hydrogen-bond donors (Lipinski definition) is 1. The molecular weight excluding hydrogens is 264 g/mol. The van der Waals surface area contributed by atoms with E-state index in [2.05, 4.69) is 31.2 Å². The molecule has 0 saturated heterocycles. The van der Waals surface area contributed by atoms with Crippen LogP contribution < -0.4 is 0 Å². The van der Waals surface area contributed by atoms with Crippen molar-refractivity contribution in [1.82, 2.24) is 0 Å². The van der Waals surface area contributed by atoms with E-state index in [1.807, 2.05) is 18.2 Å². The molecule has 0 amide bonds. The van der Waals surface area contributed by atoms with Crippen molar-refractivity contribution in [3.8, 4) is 0 Å². The molecule has 1 aromatic rings. The lowest BCUT2D eigenvalue weighted by atomic mass is 10.0. The Bertz CT molecular complexity index is 416. The first-order valence-corrected chi connectivity index (χ1v) is 7.91. The number of benzene rings is 1. The highest BCUT2D eigenvalue weighted by atomic mass is 16.5. The van der Waals surface area contributed by atoms with E-state index in [1.165, 1.54) is 5.56 Å². The zero-order chi connectivity index (χ0) is 14.9. The van der Waals surface area contributed by atoms with Crippen molar-refractivity contribution >= 4 is 0 Å². The molecule has 3 nitrogen and oxygen atoms in total. The number of allylic oxidation sites excluding steroid dienone is 1. The zero-order valence-corrected chi connectivity index (χ0v) is 12.8. The molecule has 1 aliphatic rings. The molecule has 3 heteroatoms. The Hall–Kier alpha value is -1.16. The fraction of sp³-hybridized carbons (Fsp3) is 0.556. The van der Waals surface area contributed by atoms with E-state index in [-0.39, 0.29) is 18.3 Å². The Morgan fingerprint density at radius 1 is 1.29 bits per heavy atom. The second kappa shape index (κ2) is 8.98. The van der Waals surface area contributed by atoms with Crippen LogP contribution in [-0.2, 0) is 16.1 Å². The molecule has 0 spiro atoms. The van der Waals surface area contributed by atoms with Gasteiger partial charge in [-0.1, -0.05) is 49.4 Å². The number of aliphatic hydroxyl groups excluding tert-OH is 1. The molecule has 1 N–H and O–H groups in total. The first-order valence-electron chi connectivity index (χ1n) is 7.91. The molecule has 0 bridgehead atoms. The maximum atomic E-state index is 10.0. The van der Waals surface area contributed by atoms with Crippen molar-refractivity contribution in [3.63, 3.8) is 0 Å². The van der Waals surface area contributed by atoms with E-state index in [1.54, 1.807) is 0 Å². The molecular formula is C18H26O3. The van der Waals surface area contributed by atoms with Gasteiger partial charge in [0, 0.05) is 13.0 Å². The Morgan fingerprint density at radius 3 is 2.86 bits per heavy atom. The molecule has 0 aliphatic carbocycles. The van der Waals surface area contributed by atoms with Gasteiger partial charge in [-0.25, -0.2) is 0 Å². The van der Waals surface area contributed by atoms with Crippen LogP contribution in [0.15, 0.2) is 42.5 Å². The van der Waals surface area contributed by atoms with Gasteiger partial charge in [0.1, 0.15) is 0 Å². The lowest BCUT2D eigenvalue weighted by molar-refractivity contribution is -0.0751. The van der Waals surface area contributed by atoms with Crippen LogP contribution in [0.1, 0.15) is 38.2 Å². The quantitative estimate of drug-likeness (QED) is 0.644. The highest BCUT2D eigenvalue weighted by molar-refractivity contribution is 5.13. The second-order valence-electron chi connectivity index (χ2n) is 5.52. The smallest absolute Gasteiger partial charge is 0.0839 e. The maximum Gasteiger partial charge on any atom is 0.0839 e. The van der Waals surface area contributed by atoms with Crippen molar-refractivity contribution < 1.29 is 14.6 Å². The van der Waals surface area contributed by atoms with Gasteiger partial charge in [-0.3, -0.25) is 0 Å². The summed E-state index contributed by atoms with van der Waals surface area (Å²) in [7, 11) is 0. The maximum absolute atomic E-state index is 10.0. The lowest BCUT2D eigenvalue weighted by Gasteiger charge is -2.28. The largest absolute Gasteiger partial charge is 0.390 e. The molecule has 1 aromatic carbocycles. The summed E-state index contributed by atoms with van der Waals surface area (Å²) >= 11 is 0. The van der Waals surface area contributed by atoms with Gasteiger partial charge in [-0.2, -0.15) is 0 Å². The van der Waals surface area contributed by atoms with Crippen LogP contribution in [0.3, 0.4) is 0 Å². The SMILES string of the molecule is CC[C@H]1O[C@@H](CCOCc2ccccc2)/C=C\CCC1O. The highest BCUT2D eigenvalue weighted by Crippen LogP contribution is 2.18. The van der Waals surface area contributed by atoms with Gasteiger partial charge >= 0.3 is 0 Å². The molecule has 0 radical (unpaired) electrons. The van der Waals surface area contributed by atoms with Crippen LogP contribution in [0.2, 0.25) is 0 Å². The van der Waals surface area contributed by atoms with Crippen LogP contribution in [0.4, 0.5) is 0 Å². The lowest BCUT2D eigenvalue weighted by Crippen LogP contribution is -2.33. The summed E-state index contributed by atoms with van der Waals surface area (Å²) in [5, 5.41) is 10.0. The van der Waals surface area contributed by atoms with Crippen LogP contribution in [-0.4, -0.2) is 30.0 Å². The van der Waals surface area contributed by atoms with Crippen LogP contribution in [0.25, 0.3) is 0 Å². The molecule has 0 aromatic heterocycles. The molecule has 2 rings (SSSR count). The molecule has 3 atom stereocenters. The summed E-state index contributed by atoms with van der Waals surface area (Å²) in [6.07, 6.45) is 7.22. The third kappa shape index (κ3) is 5.62. The summed E-state index contributed by atoms with van der Waals surface area (Å²) in [6, 6.07) is 10.2. The Kier molecular flexibility index (Phi) is 6.93. The normalized spacial score (nSPS) is 27.8. The van der Waals surface area contributed by atoms with Crippen molar-refractivity contribution in [2.75, 3.05) is 6.61 Å². The Balaban J connectivity index is 1.74. The van der Waals surface area contributed by atoms with Gasteiger partial charge in [0.25, 0.3) is 0 Å². The summed E-state index contributed by atoms with van der Waals surface area (Å²) in [5.74, 6) is 0. The number of rotatable bonds is 6. The fourth-order valence-electron chi connectivity index (χ4n) is 2.56. The minimum atomic E-state index is -0.354. The van der Waals surface area contributed by atoms with E-state index in [9.17, 15) is 5.11 Å². The minimum absolute atomic E-state index is 0.0423. The molecule has 0 saturated carbocycles. The van der Waals surface area contributed by atoms with Crippen LogP contribution >= 0.6 is 0 Å². The molecule has 21 heavy (non-hydrogen) atoms. The van der Waals surface area contributed by atoms with E-state index in [0.29, 0.717) is 13.2 Å². The summed E-state index contributed by atoms with van der Waals surface area (Å²) < 4.78 is 11.7. The molecule has 116 valence electrons. The molecule has 1 heterocycles. The van der Waals surface area contributed by atoms with Crippen LogP contribution in [0.5, 0.6) is 0 Å². The number of aliphatic hydroxyl groups is 1. The van der Waals surface area contributed by atoms with Crippen LogP contribution in [0, 0.1) is 0 Å². The third-order valence-electron chi connectivity index (χ3n) is 3.82. The van der Waals surface area contributed by atoms with Gasteiger partial charge < -0.3 is 14.6 Å². The van der Waals surface area contributed by atoms with Crippen molar-refractivity contribution in [2.24, 2.45) is 0 Å². The molecule has 1 aliphatic heterocycles. The molecule has 0 fully saturated rings. The van der Waals surface area contributed by atoms with Gasteiger partial charge in [-0.05, 0) is 24.8 Å². The predicted octanol–water partition coefficient (Wildman–Crippen LogP) is 3.47. The second-order valence-corrected chi connectivity index (χ2v) is 5.52. The molecule has 1 unspecified atom stereocenters. The summed E-state index contributed by atoms with van der Waals surface area (Å²) in [6.45, 7) is 3.36. The average Bonchev–Trinajstić information content (AvgIpc) is 2.51. The highest BCUT2D eigenvalue weighted by Gasteiger charge is 2.22. The number of hydrogen-bond acceptors (Lipinski definition) is 3. The monoisotopic (exact) mass is 290 g/mol. The van der Waals surface area contributed by atoms with Gasteiger partial charge in [0.2, 0.25) is 0 Å². The van der Waals surface area contributed by atoms with E-state index >= 15 is 0 Å². The summed E-state index contributed by atoms with van der Waals surface area (Å²) in [5.41, 5.74) is 1.19. The summed E-state index contributed by atoms with van der Waals surface area (Å²) in [4.78, 5) is 0. The van der Waals surface area contributed by atoms with Gasteiger partial charge in [0.05, 0.1) is 24.9 Å². The van der Waals surface area contributed by atoms with Crippen molar-refractivity contribution in [3.05, 3.63) is 48.0 Å². The standard InChI is InChI=1S/C18H26O3/c1-2-18-17(19)11-7-6-10-16(21-18)12-13-20-14-15-8-4-3-5-9-15/h3-6,8-10,16-19H,2,7,11-14H2,1H3/b10-6-/t16-,17?,18-/m1/s1. The van der Waals surface area contributed by atoms with Gasteiger partial charge in [0.15, 0.2) is 0 Å². The predicted molar refractivity (Wildman–Crippen MR) is 84.0 cm³/mol. The fourth-order valence-corrected chi connectivity index (χ4v) is 2.56. The minimum Gasteiger partial charge on any atom is -0.390 e. The van der Waals surface area contributed by atoms with Gasteiger partial charge in [-0.15, -0.1) is 0 Å². The average molecular weight is 290 g/mol. The first-order chi connectivity index (χ1) is 10.3. The Labute approximate surface area is 127 Å². The topological polar surface area (TPSA) is 38.7 Å². The van der Waals surface area contributed by atoms with E-state index in [4.69, 9.17) is 9.47 Å². The third-order valence-corrected chi connectivity index (χ3v) is 3.82. The first kappa shape index (κ1) is 16.2. The van der Waals surface area contributed by atoms with E-state index in [0.717, 1.165) is 25.7 Å². The Morgan fingerprint density at radius 2 is 2.10 bits per heavy atom.